The van der Waals surface area contributed by atoms with Gasteiger partial charge in [0.25, 0.3) is 0 Å². The zero-order valence-corrected chi connectivity index (χ0v) is 15.4. The van der Waals surface area contributed by atoms with Crippen LogP contribution in [0.25, 0.3) is 0 Å². The molecule has 2 aliphatic heterocycles. The van der Waals surface area contributed by atoms with Gasteiger partial charge in [-0.1, -0.05) is 36.4 Å². The highest BCUT2D eigenvalue weighted by Crippen LogP contribution is 2.47. The van der Waals surface area contributed by atoms with Crippen LogP contribution in [0.4, 0.5) is 4.39 Å². The lowest BCUT2D eigenvalue weighted by atomic mass is 9.96. The number of ether oxygens (including phenoxy) is 2. The monoisotopic (exact) mass is 374 g/mol. The van der Waals surface area contributed by atoms with Gasteiger partial charge in [0.2, 0.25) is 6.23 Å². The lowest BCUT2D eigenvalue weighted by molar-refractivity contribution is -0.0212. The summed E-state index contributed by atoms with van der Waals surface area (Å²) in [7, 11) is 1.65. The molecule has 3 aromatic rings. The molecule has 2 aliphatic rings. The van der Waals surface area contributed by atoms with Crippen molar-refractivity contribution in [1.29, 1.82) is 0 Å². The standard InChI is InChI=1S/C23H19FN2O2/c1-27-16-12-10-15(11-13-16)20-14-21-18-7-3-5-9-22(18)28-23(26(21)25-20)17-6-2-4-8-19(17)24/h2-13,21,23H,14H2,1H3/t21-,23+/m0/s1. The van der Waals surface area contributed by atoms with Crippen LogP contribution in [0.3, 0.4) is 0 Å². The van der Waals surface area contributed by atoms with Crippen LogP contribution in [0.5, 0.6) is 11.5 Å². The van der Waals surface area contributed by atoms with Crippen molar-refractivity contribution < 1.29 is 13.9 Å². The first-order valence-corrected chi connectivity index (χ1v) is 9.25. The van der Waals surface area contributed by atoms with E-state index in [2.05, 4.69) is 6.07 Å². The number of para-hydroxylation sites is 1. The maximum Gasteiger partial charge on any atom is 0.216 e. The van der Waals surface area contributed by atoms with Crippen LogP contribution in [-0.4, -0.2) is 17.8 Å². The van der Waals surface area contributed by atoms with Crippen LogP contribution in [0.1, 0.15) is 35.4 Å². The minimum Gasteiger partial charge on any atom is -0.497 e. The summed E-state index contributed by atoms with van der Waals surface area (Å²) in [5.41, 5.74) is 3.54. The molecular weight excluding hydrogens is 355 g/mol. The Morgan fingerprint density at radius 1 is 0.964 bits per heavy atom. The fraction of sp³-hybridized carbons (Fsp3) is 0.174. The molecule has 0 aromatic heterocycles. The molecule has 0 bridgehead atoms. The van der Waals surface area contributed by atoms with E-state index in [-0.39, 0.29) is 11.9 Å². The molecule has 0 radical (unpaired) electrons. The summed E-state index contributed by atoms with van der Waals surface area (Å²) in [6.45, 7) is 0. The van der Waals surface area contributed by atoms with Crippen molar-refractivity contribution in [3.8, 4) is 11.5 Å². The molecule has 0 unspecified atom stereocenters. The van der Waals surface area contributed by atoms with Crippen molar-refractivity contribution in [3.63, 3.8) is 0 Å². The normalized spacial score (nSPS) is 20.1. The number of hydrazone groups is 1. The number of nitrogens with zero attached hydrogens (tertiary/aromatic N) is 2. The molecule has 0 saturated carbocycles. The second kappa shape index (κ2) is 6.68. The van der Waals surface area contributed by atoms with Gasteiger partial charge in [0.15, 0.2) is 0 Å². The second-order valence-electron chi connectivity index (χ2n) is 6.90. The second-order valence-corrected chi connectivity index (χ2v) is 6.90. The van der Waals surface area contributed by atoms with Crippen molar-refractivity contribution in [2.24, 2.45) is 5.10 Å². The summed E-state index contributed by atoms with van der Waals surface area (Å²) in [5.74, 6) is 1.29. The first kappa shape index (κ1) is 16.8. The SMILES string of the molecule is COc1ccc(C2=NN3[C@@H](c4ccccc4F)Oc4ccccc4[C@@H]3C2)cc1. The van der Waals surface area contributed by atoms with Crippen LogP contribution < -0.4 is 9.47 Å². The summed E-state index contributed by atoms with van der Waals surface area (Å²) >= 11 is 0. The number of hydrogen-bond donors (Lipinski definition) is 0. The van der Waals surface area contributed by atoms with Crippen LogP contribution >= 0.6 is 0 Å². The summed E-state index contributed by atoms with van der Waals surface area (Å²) in [4.78, 5) is 0. The number of benzene rings is 3. The van der Waals surface area contributed by atoms with E-state index in [1.165, 1.54) is 6.07 Å². The van der Waals surface area contributed by atoms with Gasteiger partial charge in [-0.2, -0.15) is 5.10 Å². The van der Waals surface area contributed by atoms with E-state index in [0.29, 0.717) is 5.56 Å². The Labute approximate surface area is 162 Å². The molecule has 0 amide bonds. The van der Waals surface area contributed by atoms with Crippen molar-refractivity contribution >= 4 is 5.71 Å². The third-order valence-electron chi connectivity index (χ3n) is 5.29. The minimum absolute atomic E-state index is 0.00616. The molecule has 0 N–H and O–H groups in total. The molecule has 2 heterocycles. The topological polar surface area (TPSA) is 34.1 Å². The molecule has 4 nitrogen and oxygen atoms in total. The quantitative estimate of drug-likeness (QED) is 0.641. The van der Waals surface area contributed by atoms with E-state index in [4.69, 9.17) is 14.6 Å². The average Bonchev–Trinajstić information content (AvgIpc) is 3.19. The number of methoxy groups -OCH3 is 1. The minimum atomic E-state index is -0.600. The molecule has 140 valence electrons. The van der Waals surface area contributed by atoms with Crippen LogP contribution in [0.15, 0.2) is 77.9 Å². The van der Waals surface area contributed by atoms with E-state index in [9.17, 15) is 4.39 Å². The number of rotatable bonds is 3. The van der Waals surface area contributed by atoms with Gasteiger partial charge in [0.1, 0.15) is 17.3 Å². The number of halogens is 1. The largest absolute Gasteiger partial charge is 0.497 e. The predicted molar refractivity (Wildman–Crippen MR) is 105 cm³/mol. The predicted octanol–water partition coefficient (Wildman–Crippen LogP) is 5.08. The Morgan fingerprint density at radius 3 is 2.43 bits per heavy atom. The van der Waals surface area contributed by atoms with Crippen molar-refractivity contribution in [2.75, 3.05) is 7.11 Å². The molecule has 3 aromatic carbocycles. The molecular formula is C23H19FN2O2. The highest BCUT2D eigenvalue weighted by molar-refractivity contribution is 6.02. The maximum atomic E-state index is 14.5. The van der Waals surface area contributed by atoms with E-state index in [1.54, 1.807) is 19.2 Å². The summed E-state index contributed by atoms with van der Waals surface area (Å²) in [6, 6.07) is 22.5. The smallest absolute Gasteiger partial charge is 0.216 e. The van der Waals surface area contributed by atoms with E-state index < -0.39 is 6.23 Å². The summed E-state index contributed by atoms with van der Waals surface area (Å²) < 4.78 is 26.0. The van der Waals surface area contributed by atoms with E-state index in [0.717, 1.165) is 34.8 Å². The Bertz CT molecular complexity index is 1050. The van der Waals surface area contributed by atoms with Crippen LogP contribution in [-0.2, 0) is 0 Å². The number of hydrogen-bond acceptors (Lipinski definition) is 4. The Balaban J connectivity index is 1.58. The lowest BCUT2D eigenvalue weighted by Gasteiger charge is -2.38. The van der Waals surface area contributed by atoms with E-state index >= 15 is 0 Å². The fourth-order valence-electron chi connectivity index (χ4n) is 3.87. The zero-order valence-electron chi connectivity index (χ0n) is 15.4. The van der Waals surface area contributed by atoms with Gasteiger partial charge in [-0.25, -0.2) is 9.40 Å². The average molecular weight is 374 g/mol. The van der Waals surface area contributed by atoms with Crippen molar-refractivity contribution in [3.05, 3.63) is 95.3 Å². The molecule has 0 aliphatic carbocycles. The van der Waals surface area contributed by atoms with Gasteiger partial charge in [-0.15, -0.1) is 0 Å². The van der Waals surface area contributed by atoms with Gasteiger partial charge < -0.3 is 9.47 Å². The van der Waals surface area contributed by atoms with Gasteiger partial charge in [0.05, 0.1) is 24.4 Å². The third kappa shape index (κ3) is 2.71. The Hall–Kier alpha value is -3.34. The molecule has 0 saturated heterocycles. The maximum absolute atomic E-state index is 14.5. The molecule has 5 rings (SSSR count). The molecule has 0 spiro atoms. The Morgan fingerprint density at radius 2 is 1.68 bits per heavy atom. The van der Waals surface area contributed by atoms with E-state index in [1.807, 2.05) is 53.5 Å². The highest BCUT2D eigenvalue weighted by atomic mass is 19.1. The molecule has 2 atom stereocenters. The van der Waals surface area contributed by atoms with Gasteiger partial charge in [0, 0.05) is 12.0 Å². The van der Waals surface area contributed by atoms with Gasteiger partial charge in [-0.3, -0.25) is 0 Å². The van der Waals surface area contributed by atoms with Crippen molar-refractivity contribution in [1.82, 2.24) is 5.01 Å². The molecule has 5 heteroatoms. The molecule has 0 fully saturated rings. The zero-order chi connectivity index (χ0) is 19.1. The fourth-order valence-corrected chi connectivity index (χ4v) is 3.87. The van der Waals surface area contributed by atoms with Gasteiger partial charge >= 0.3 is 0 Å². The first-order chi connectivity index (χ1) is 13.7. The number of fused-ring (bicyclic) bond motifs is 3. The highest BCUT2D eigenvalue weighted by Gasteiger charge is 2.41. The summed E-state index contributed by atoms with van der Waals surface area (Å²) in [6.07, 6.45) is 0.134. The molecule has 28 heavy (non-hydrogen) atoms. The Kier molecular flexibility index (Phi) is 4.01. The third-order valence-corrected chi connectivity index (χ3v) is 5.29. The van der Waals surface area contributed by atoms with Crippen LogP contribution in [0, 0.1) is 5.82 Å². The van der Waals surface area contributed by atoms with Crippen molar-refractivity contribution in [2.45, 2.75) is 18.7 Å². The van der Waals surface area contributed by atoms with Crippen LogP contribution in [0.2, 0.25) is 0 Å². The first-order valence-electron chi connectivity index (χ1n) is 9.25. The summed E-state index contributed by atoms with van der Waals surface area (Å²) in [5, 5.41) is 6.74. The lowest BCUT2D eigenvalue weighted by Crippen LogP contribution is -2.34. The van der Waals surface area contributed by atoms with Gasteiger partial charge in [-0.05, 0) is 42.0 Å².